The molecule has 2 heterocycles. The summed E-state index contributed by atoms with van der Waals surface area (Å²) >= 11 is 0. The van der Waals surface area contributed by atoms with E-state index in [4.69, 9.17) is 10.2 Å². The molecule has 132 valence electrons. The van der Waals surface area contributed by atoms with Gasteiger partial charge in [0.25, 0.3) is 11.6 Å². The van der Waals surface area contributed by atoms with E-state index in [0.717, 1.165) is 0 Å². The Balaban J connectivity index is 1.70. The van der Waals surface area contributed by atoms with Crippen LogP contribution in [0.25, 0.3) is 11.3 Å². The molecular weight excluding hydrogens is 344 g/mol. The van der Waals surface area contributed by atoms with E-state index in [2.05, 4.69) is 25.5 Å². The highest BCUT2D eigenvalue weighted by atomic mass is 16.6. The van der Waals surface area contributed by atoms with Crippen LogP contribution in [0.5, 0.6) is 0 Å². The molecule has 3 N–H and O–H groups in total. The summed E-state index contributed by atoms with van der Waals surface area (Å²) in [5, 5.41) is 21.2. The Morgan fingerprint density at radius 1 is 1.35 bits per heavy atom. The van der Waals surface area contributed by atoms with Crippen molar-refractivity contribution in [2.75, 3.05) is 5.73 Å². The second kappa shape index (κ2) is 6.84. The zero-order valence-corrected chi connectivity index (χ0v) is 13.4. The summed E-state index contributed by atoms with van der Waals surface area (Å²) in [6, 6.07) is 7.97. The van der Waals surface area contributed by atoms with E-state index in [1.54, 1.807) is 31.2 Å². The Bertz CT molecular complexity index is 1010. The van der Waals surface area contributed by atoms with Crippen LogP contribution in [0.2, 0.25) is 0 Å². The molecule has 26 heavy (non-hydrogen) atoms. The number of hydrogen-bond acceptors (Lipinski definition) is 9. The van der Waals surface area contributed by atoms with Crippen LogP contribution in [-0.4, -0.2) is 27.4 Å². The summed E-state index contributed by atoms with van der Waals surface area (Å²) < 4.78 is 9.90. The Hall–Kier alpha value is -4.02. The predicted octanol–water partition coefficient (Wildman–Crippen LogP) is 1.89. The lowest BCUT2D eigenvalue weighted by molar-refractivity contribution is -0.385. The average Bonchev–Trinajstić information content (AvgIpc) is 3.23. The number of rotatable bonds is 5. The number of hydrazone groups is 1. The number of nitrogens with one attached hydrogen (secondary N) is 1. The van der Waals surface area contributed by atoms with Crippen LogP contribution in [-0.2, 0) is 0 Å². The van der Waals surface area contributed by atoms with Crippen LogP contribution in [0, 0.1) is 17.0 Å². The molecule has 0 saturated heterocycles. The van der Waals surface area contributed by atoms with Gasteiger partial charge in [-0.3, -0.25) is 14.9 Å². The number of carbonyl (C=O) groups is 1. The van der Waals surface area contributed by atoms with E-state index in [9.17, 15) is 14.9 Å². The number of nitrogens with zero attached hydrogens (tertiary/aromatic N) is 4. The van der Waals surface area contributed by atoms with Gasteiger partial charge in [0.1, 0.15) is 11.5 Å². The Labute approximate surface area is 145 Å². The lowest BCUT2D eigenvalue weighted by atomic mass is 10.1. The van der Waals surface area contributed by atoms with Crippen LogP contribution in [0.3, 0.4) is 0 Å². The first-order valence-corrected chi connectivity index (χ1v) is 7.22. The van der Waals surface area contributed by atoms with Crippen LogP contribution in [0.15, 0.2) is 44.5 Å². The third-order valence-corrected chi connectivity index (χ3v) is 3.39. The van der Waals surface area contributed by atoms with E-state index >= 15 is 0 Å². The van der Waals surface area contributed by atoms with Gasteiger partial charge in [0.05, 0.1) is 11.1 Å². The maximum absolute atomic E-state index is 11.7. The number of nitrogens with two attached hydrogens (primary N) is 1. The van der Waals surface area contributed by atoms with E-state index < -0.39 is 10.8 Å². The molecule has 3 aromatic rings. The van der Waals surface area contributed by atoms with E-state index in [1.807, 2.05) is 0 Å². The summed E-state index contributed by atoms with van der Waals surface area (Å²) in [4.78, 5) is 22.1. The van der Waals surface area contributed by atoms with Crippen molar-refractivity contribution in [3.63, 3.8) is 0 Å². The van der Waals surface area contributed by atoms with Gasteiger partial charge in [0.15, 0.2) is 0 Å². The van der Waals surface area contributed by atoms with Crippen molar-refractivity contribution >= 4 is 23.6 Å². The number of benzene rings is 1. The number of furan rings is 1. The first-order valence-electron chi connectivity index (χ1n) is 7.22. The molecule has 0 spiro atoms. The van der Waals surface area contributed by atoms with Gasteiger partial charge < -0.3 is 10.2 Å². The molecule has 2 aromatic heterocycles. The molecule has 0 unspecified atom stereocenters. The van der Waals surface area contributed by atoms with E-state index in [0.29, 0.717) is 22.6 Å². The zero-order chi connectivity index (χ0) is 18.7. The summed E-state index contributed by atoms with van der Waals surface area (Å²) in [5.74, 6) is 0.0348. The SMILES string of the molecule is Cc1cc(-c2ccc(/C=N/NC(=O)c3nonc3N)o2)ccc1[N+](=O)[O-]. The minimum Gasteiger partial charge on any atom is -0.455 e. The quantitative estimate of drug-likeness (QED) is 0.397. The second-order valence-corrected chi connectivity index (χ2v) is 5.16. The van der Waals surface area contributed by atoms with Crippen molar-refractivity contribution in [2.45, 2.75) is 6.92 Å². The third kappa shape index (κ3) is 3.40. The number of aromatic nitrogens is 2. The molecule has 0 saturated carbocycles. The number of nitro benzene ring substituents is 1. The molecule has 11 nitrogen and oxygen atoms in total. The standard InChI is InChI=1S/C15H12N6O5/c1-8-6-9(2-4-11(8)21(23)24)12-5-3-10(25-12)7-17-18-15(22)13-14(16)20-26-19-13/h2-7H,1H3,(H2,16,20)(H,18,22)/b17-7+. The van der Waals surface area contributed by atoms with Crippen molar-refractivity contribution in [3.05, 3.63) is 57.5 Å². The Kier molecular flexibility index (Phi) is 4.43. The molecule has 0 aliphatic heterocycles. The predicted molar refractivity (Wildman–Crippen MR) is 89.3 cm³/mol. The fourth-order valence-electron chi connectivity index (χ4n) is 2.15. The van der Waals surface area contributed by atoms with Crippen LogP contribution in [0.4, 0.5) is 11.5 Å². The van der Waals surface area contributed by atoms with Gasteiger partial charge >= 0.3 is 0 Å². The molecule has 11 heteroatoms. The lowest BCUT2D eigenvalue weighted by Crippen LogP contribution is -2.19. The lowest BCUT2D eigenvalue weighted by Gasteiger charge is -2.00. The molecule has 3 rings (SSSR count). The summed E-state index contributed by atoms with van der Waals surface area (Å²) in [5.41, 5.74) is 8.65. The highest BCUT2D eigenvalue weighted by molar-refractivity contribution is 5.96. The highest BCUT2D eigenvalue weighted by Gasteiger charge is 2.15. The van der Waals surface area contributed by atoms with Crippen molar-refractivity contribution < 1.29 is 18.8 Å². The topological polar surface area (TPSA) is 163 Å². The number of nitrogen functional groups attached to an aromatic ring is 1. The first-order chi connectivity index (χ1) is 12.5. The van der Waals surface area contributed by atoms with Gasteiger partial charge in [0.2, 0.25) is 11.5 Å². The van der Waals surface area contributed by atoms with Crippen molar-refractivity contribution in [1.82, 2.24) is 15.7 Å². The van der Waals surface area contributed by atoms with Gasteiger partial charge in [0, 0.05) is 17.2 Å². The van der Waals surface area contributed by atoms with E-state index in [-0.39, 0.29) is 17.2 Å². The fourth-order valence-corrected chi connectivity index (χ4v) is 2.15. The maximum atomic E-state index is 11.7. The normalized spacial score (nSPS) is 11.0. The monoisotopic (exact) mass is 356 g/mol. The van der Waals surface area contributed by atoms with Crippen molar-refractivity contribution in [3.8, 4) is 11.3 Å². The molecule has 0 aliphatic rings. The summed E-state index contributed by atoms with van der Waals surface area (Å²) in [6.45, 7) is 1.65. The largest absolute Gasteiger partial charge is 0.455 e. The summed E-state index contributed by atoms with van der Waals surface area (Å²) in [6.07, 6.45) is 1.28. The minimum absolute atomic E-state index is 0.0337. The van der Waals surface area contributed by atoms with Gasteiger partial charge in [-0.2, -0.15) is 5.10 Å². The van der Waals surface area contributed by atoms with Gasteiger partial charge in [-0.25, -0.2) is 10.1 Å². The van der Waals surface area contributed by atoms with E-state index in [1.165, 1.54) is 12.3 Å². The van der Waals surface area contributed by atoms with Gasteiger partial charge in [-0.15, -0.1) is 0 Å². The smallest absolute Gasteiger partial charge is 0.297 e. The number of amides is 1. The second-order valence-electron chi connectivity index (χ2n) is 5.16. The number of hydrogen-bond donors (Lipinski definition) is 2. The van der Waals surface area contributed by atoms with Crippen LogP contribution >= 0.6 is 0 Å². The number of nitro groups is 1. The Morgan fingerprint density at radius 2 is 2.15 bits per heavy atom. The van der Waals surface area contributed by atoms with Crippen molar-refractivity contribution in [1.29, 1.82) is 0 Å². The molecule has 0 radical (unpaired) electrons. The Morgan fingerprint density at radius 3 is 2.81 bits per heavy atom. The van der Waals surface area contributed by atoms with Crippen molar-refractivity contribution in [2.24, 2.45) is 5.10 Å². The number of anilines is 1. The maximum Gasteiger partial charge on any atom is 0.297 e. The van der Waals surface area contributed by atoms with Crippen LogP contribution < -0.4 is 11.2 Å². The number of carbonyl (C=O) groups excluding carboxylic acids is 1. The molecule has 1 aromatic carbocycles. The van der Waals surface area contributed by atoms with Gasteiger partial charge in [-0.1, -0.05) is 0 Å². The third-order valence-electron chi connectivity index (χ3n) is 3.39. The molecule has 0 fully saturated rings. The summed E-state index contributed by atoms with van der Waals surface area (Å²) in [7, 11) is 0. The minimum atomic E-state index is -0.683. The molecule has 1 amide bonds. The zero-order valence-electron chi connectivity index (χ0n) is 13.4. The number of aryl methyl sites for hydroxylation is 1. The van der Waals surface area contributed by atoms with Gasteiger partial charge in [-0.05, 0) is 41.5 Å². The highest BCUT2D eigenvalue weighted by Crippen LogP contribution is 2.27. The van der Waals surface area contributed by atoms with Crippen LogP contribution in [0.1, 0.15) is 21.8 Å². The average molecular weight is 356 g/mol. The fraction of sp³-hybridized carbons (Fsp3) is 0.0667. The first kappa shape index (κ1) is 16.8. The molecule has 0 aliphatic carbocycles. The molecule has 0 atom stereocenters. The molecule has 0 bridgehead atoms. The molecular formula is C15H12N6O5.